The molecule has 0 bridgehead atoms. The van der Waals surface area contributed by atoms with Crippen molar-refractivity contribution in [2.24, 2.45) is 5.73 Å². The minimum absolute atomic E-state index is 0.313. The second-order valence-electron chi connectivity index (χ2n) is 7.74. The monoisotopic (exact) mass is 392 g/mol. The molecule has 0 atom stereocenters. The van der Waals surface area contributed by atoms with E-state index in [1.54, 1.807) is 18.2 Å². The van der Waals surface area contributed by atoms with Gasteiger partial charge in [-0.05, 0) is 73.8 Å². The maximum atomic E-state index is 11.4. The number of anilines is 1. The molecule has 1 saturated heterocycles. The third kappa shape index (κ3) is 4.54. The fourth-order valence-corrected chi connectivity index (χ4v) is 4.08. The van der Waals surface area contributed by atoms with Crippen LogP contribution in [0.1, 0.15) is 28.8 Å². The van der Waals surface area contributed by atoms with Gasteiger partial charge in [-0.3, -0.25) is 9.69 Å². The number of carbonyl (C=O) groups is 1. The molecule has 0 unspecified atom stereocenters. The van der Waals surface area contributed by atoms with Crippen LogP contribution in [-0.4, -0.2) is 53.6 Å². The Labute approximate surface area is 170 Å². The van der Waals surface area contributed by atoms with E-state index in [0.29, 0.717) is 11.3 Å². The van der Waals surface area contributed by atoms with E-state index < -0.39 is 0 Å². The molecule has 3 aromatic rings. The Morgan fingerprint density at radius 3 is 2.52 bits per heavy atom. The molecule has 6 heteroatoms. The number of hydrogen-bond acceptors (Lipinski definition) is 4. The Hall–Kier alpha value is -2.99. The summed E-state index contributed by atoms with van der Waals surface area (Å²) >= 11 is 0. The number of nitrogens with two attached hydrogens (primary N) is 1. The van der Waals surface area contributed by atoms with Crippen LogP contribution in [-0.2, 0) is 6.42 Å². The Bertz CT molecular complexity index is 972. The summed E-state index contributed by atoms with van der Waals surface area (Å²) in [5.41, 5.74) is 9.45. The van der Waals surface area contributed by atoms with E-state index in [2.05, 4.69) is 14.8 Å². The summed E-state index contributed by atoms with van der Waals surface area (Å²) in [5, 5.41) is 10.5. The lowest BCUT2D eigenvalue weighted by atomic mass is 10.0. The van der Waals surface area contributed by atoms with Crippen LogP contribution in [0.15, 0.2) is 48.7 Å². The van der Waals surface area contributed by atoms with Gasteiger partial charge in [0.25, 0.3) is 0 Å². The summed E-state index contributed by atoms with van der Waals surface area (Å²) in [5.74, 6) is -0.0704. The molecule has 1 fully saturated rings. The van der Waals surface area contributed by atoms with E-state index in [-0.39, 0.29) is 5.91 Å². The number of carbonyl (C=O) groups excluding carboxylic acids is 1. The molecule has 4 N–H and O–H groups in total. The Kier molecular flexibility index (Phi) is 5.71. The minimum Gasteiger partial charge on any atom is -0.508 e. The summed E-state index contributed by atoms with van der Waals surface area (Å²) in [7, 11) is 0. The van der Waals surface area contributed by atoms with Crippen LogP contribution >= 0.6 is 0 Å². The van der Waals surface area contributed by atoms with Crippen LogP contribution in [0.5, 0.6) is 5.75 Å². The van der Waals surface area contributed by atoms with Crippen LogP contribution in [0.4, 0.5) is 5.69 Å². The molecule has 0 aliphatic carbocycles. The molecule has 6 nitrogen and oxygen atoms in total. The molecule has 2 aromatic carbocycles. The van der Waals surface area contributed by atoms with Crippen molar-refractivity contribution >= 4 is 22.5 Å². The van der Waals surface area contributed by atoms with Gasteiger partial charge in [0.2, 0.25) is 5.91 Å². The summed E-state index contributed by atoms with van der Waals surface area (Å²) in [6.07, 6.45) is 5.31. The normalized spacial score (nSPS) is 15.1. The largest absolute Gasteiger partial charge is 0.508 e. The van der Waals surface area contributed by atoms with Crippen LogP contribution < -0.4 is 10.6 Å². The summed E-state index contributed by atoms with van der Waals surface area (Å²) < 4.78 is 0. The van der Waals surface area contributed by atoms with Gasteiger partial charge in [-0.2, -0.15) is 0 Å². The number of amides is 1. The first-order chi connectivity index (χ1) is 14.1. The number of piperazine rings is 1. The number of aromatic nitrogens is 1. The van der Waals surface area contributed by atoms with Gasteiger partial charge in [-0.1, -0.05) is 0 Å². The third-order valence-corrected chi connectivity index (χ3v) is 5.81. The predicted molar refractivity (Wildman–Crippen MR) is 117 cm³/mol. The molecular weight excluding hydrogens is 364 g/mol. The van der Waals surface area contributed by atoms with Gasteiger partial charge in [0.15, 0.2) is 0 Å². The highest BCUT2D eigenvalue weighted by molar-refractivity contribution is 5.97. The topological polar surface area (TPSA) is 85.6 Å². The van der Waals surface area contributed by atoms with Crippen LogP contribution in [0.2, 0.25) is 0 Å². The maximum Gasteiger partial charge on any atom is 0.248 e. The average Bonchev–Trinajstić information content (AvgIpc) is 3.14. The van der Waals surface area contributed by atoms with Crippen LogP contribution in [0, 0.1) is 0 Å². The number of aryl methyl sites for hydroxylation is 1. The number of benzene rings is 2. The van der Waals surface area contributed by atoms with Gasteiger partial charge in [0.05, 0.1) is 0 Å². The Morgan fingerprint density at radius 2 is 1.79 bits per heavy atom. The average molecular weight is 393 g/mol. The van der Waals surface area contributed by atoms with Crippen molar-refractivity contribution in [1.82, 2.24) is 9.88 Å². The quantitative estimate of drug-likeness (QED) is 0.539. The van der Waals surface area contributed by atoms with E-state index in [1.165, 1.54) is 11.3 Å². The molecule has 4 rings (SSSR count). The van der Waals surface area contributed by atoms with Crippen molar-refractivity contribution in [3.05, 3.63) is 59.8 Å². The van der Waals surface area contributed by atoms with Gasteiger partial charge in [-0.25, -0.2) is 0 Å². The number of aromatic hydroxyl groups is 1. The Morgan fingerprint density at radius 1 is 1.03 bits per heavy atom. The summed E-state index contributed by atoms with van der Waals surface area (Å²) in [6.45, 7) is 5.27. The highest BCUT2D eigenvalue weighted by atomic mass is 16.3. The summed E-state index contributed by atoms with van der Waals surface area (Å²) in [4.78, 5) is 19.6. The highest BCUT2D eigenvalue weighted by Crippen LogP contribution is 2.22. The van der Waals surface area contributed by atoms with Crippen molar-refractivity contribution < 1.29 is 9.90 Å². The fourth-order valence-electron chi connectivity index (χ4n) is 4.08. The van der Waals surface area contributed by atoms with E-state index >= 15 is 0 Å². The molecule has 1 aliphatic heterocycles. The van der Waals surface area contributed by atoms with E-state index in [9.17, 15) is 9.90 Å². The van der Waals surface area contributed by atoms with Gasteiger partial charge in [0, 0.05) is 54.5 Å². The number of hydrogen-bond donors (Lipinski definition) is 3. The van der Waals surface area contributed by atoms with Crippen molar-refractivity contribution in [3.63, 3.8) is 0 Å². The zero-order valence-corrected chi connectivity index (χ0v) is 16.6. The van der Waals surface area contributed by atoms with Gasteiger partial charge in [0.1, 0.15) is 5.75 Å². The highest BCUT2D eigenvalue weighted by Gasteiger charge is 2.17. The SMILES string of the molecule is NC(=O)c1ccc2[nH]cc(CCCCN3CCN(c4ccc(O)cc4)CC3)c2c1. The number of aromatic amines is 1. The number of nitrogens with zero attached hydrogens (tertiary/aromatic N) is 2. The first kappa shape index (κ1) is 19.3. The number of fused-ring (bicyclic) bond motifs is 1. The molecule has 152 valence electrons. The lowest BCUT2D eigenvalue weighted by molar-refractivity contribution is 0.100. The van der Waals surface area contributed by atoms with Crippen LogP contribution in [0.25, 0.3) is 10.9 Å². The van der Waals surface area contributed by atoms with Crippen molar-refractivity contribution in [2.75, 3.05) is 37.6 Å². The zero-order chi connectivity index (χ0) is 20.2. The minimum atomic E-state index is -0.384. The molecule has 29 heavy (non-hydrogen) atoms. The second kappa shape index (κ2) is 8.57. The van der Waals surface area contributed by atoms with Crippen molar-refractivity contribution in [1.29, 1.82) is 0 Å². The molecule has 1 aliphatic rings. The van der Waals surface area contributed by atoms with Gasteiger partial charge in [-0.15, -0.1) is 0 Å². The lowest BCUT2D eigenvalue weighted by Crippen LogP contribution is -2.46. The number of phenols is 1. The molecule has 1 amide bonds. The first-order valence-electron chi connectivity index (χ1n) is 10.3. The number of unbranched alkanes of at least 4 members (excludes halogenated alkanes) is 1. The number of phenolic OH excluding ortho intramolecular Hbond substituents is 1. The molecule has 0 radical (unpaired) electrons. The van der Waals surface area contributed by atoms with Gasteiger partial charge >= 0.3 is 0 Å². The number of H-pyrrole nitrogens is 1. The van der Waals surface area contributed by atoms with E-state index in [0.717, 1.165) is 62.9 Å². The second-order valence-corrected chi connectivity index (χ2v) is 7.74. The predicted octanol–water partition coefficient (Wildman–Crippen LogP) is 3.12. The van der Waals surface area contributed by atoms with Crippen molar-refractivity contribution in [2.45, 2.75) is 19.3 Å². The molecule has 1 aromatic heterocycles. The van der Waals surface area contributed by atoms with Gasteiger partial charge < -0.3 is 20.7 Å². The van der Waals surface area contributed by atoms with E-state index in [1.807, 2.05) is 30.5 Å². The third-order valence-electron chi connectivity index (χ3n) is 5.81. The van der Waals surface area contributed by atoms with Crippen molar-refractivity contribution in [3.8, 4) is 5.75 Å². The molecule has 0 saturated carbocycles. The van der Waals surface area contributed by atoms with Crippen LogP contribution in [0.3, 0.4) is 0 Å². The number of nitrogens with one attached hydrogen (secondary N) is 1. The lowest BCUT2D eigenvalue weighted by Gasteiger charge is -2.36. The summed E-state index contributed by atoms with van der Waals surface area (Å²) in [6, 6.07) is 13.0. The van der Waals surface area contributed by atoms with E-state index in [4.69, 9.17) is 5.73 Å². The fraction of sp³-hybridized carbons (Fsp3) is 0.348. The standard InChI is InChI=1S/C23H28N4O2/c24-23(29)17-4-9-22-21(15-17)18(16-25-22)3-1-2-10-26-11-13-27(14-12-26)19-5-7-20(28)8-6-19/h4-9,15-16,25,28H,1-3,10-14H2,(H2,24,29). The molecule has 2 heterocycles. The number of rotatable bonds is 7. The Balaban J connectivity index is 1.23. The first-order valence-corrected chi connectivity index (χ1v) is 10.3. The molecular formula is C23H28N4O2. The molecule has 0 spiro atoms. The zero-order valence-electron chi connectivity index (χ0n) is 16.6. The maximum absolute atomic E-state index is 11.4. The smallest absolute Gasteiger partial charge is 0.248 e. The number of primary amides is 1.